The molecule has 0 aliphatic heterocycles. The highest BCUT2D eigenvalue weighted by atomic mass is 79.9. The minimum absolute atomic E-state index is 0.0707. The fourth-order valence-corrected chi connectivity index (χ4v) is 3.27. The van der Waals surface area contributed by atoms with Crippen molar-refractivity contribution in [2.24, 2.45) is 0 Å². The number of ether oxygens (including phenoxy) is 1. The quantitative estimate of drug-likeness (QED) is 0.438. The molecule has 1 N–H and O–H groups in total. The Bertz CT molecular complexity index is 763. The zero-order valence-corrected chi connectivity index (χ0v) is 15.4. The van der Waals surface area contributed by atoms with Gasteiger partial charge in [0.1, 0.15) is 0 Å². The summed E-state index contributed by atoms with van der Waals surface area (Å²) in [7, 11) is 1.60. The van der Waals surface area contributed by atoms with Crippen LogP contribution in [0.4, 0.5) is 0 Å². The summed E-state index contributed by atoms with van der Waals surface area (Å²) < 4.78 is 7.55. The number of fused-ring (bicyclic) bond motifs is 1. The summed E-state index contributed by atoms with van der Waals surface area (Å²) in [6.45, 7) is 2.87. The summed E-state index contributed by atoms with van der Waals surface area (Å²) in [5, 5.41) is 3.93. The predicted molar refractivity (Wildman–Crippen MR) is 95.0 cm³/mol. The number of amides is 1. The second-order valence-electron chi connectivity index (χ2n) is 4.84. The van der Waals surface area contributed by atoms with Gasteiger partial charge in [-0.25, -0.2) is 4.98 Å². The van der Waals surface area contributed by atoms with Gasteiger partial charge in [-0.15, -0.1) is 0 Å². The van der Waals surface area contributed by atoms with E-state index in [0.717, 1.165) is 4.47 Å². The number of halogens is 1. The highest BCUT2D eigenvalue weighted by molar-refractivity contribution is 9.10. The molecule has 2 aromatic rings. The van der Waals surface area contributed by atoms with Gasteiger partial charge in [0.15, 0.2) is 5.16 Å². The Labute approximate surface area is 146 Å². The molecule has 1 heterocycles. The molecule has 124 valence electrons. The number of nitrogens with one attached hydrogen (secondary N) is 1. The SMILES string of the molecule is COCCn1c(SCCNC(C)=O)nc2ccc(Br)cc2c1=O. The third-order valence-corrected chi connectivity index (χ3v) is 4.58. The third-order valence-electron chi connectivity index (χ3n) is 3.11. The van der Waals surface area contributed by atoms with E-state index in [9.17, 15) is 9.59 Å². The summed E-state index contributed by atoms with van der Waals surface area (Å²) in [6.07, 6.45) is 0. The average molecular weight is 400 g/mol. The average Bonchev–Trinajstić information content (AvgIpc) is 2.51. The summed E-state index contributed by atoms with van der Waals surface area (Å²) in [5.74, 6) is 0.569. The van der Waals surface area contributed by atoms with Crippen molar-refractivity contribution in [2.75, 3.05) is 26.0 Å². The minimum atomic E-state index is -0.0876. The van der Waals surface area contributed by atoms with Crippen LogP contribution >= 0.6 is 27.7 Å². The molecule has 23 heavy (non-hydrogen) atoms. The molecule has 6 nitrogen and oxygen atoms in total. The van der Waals surface area contributed by atoms with E-state index < -0.39 is 0 Å². The topological polar surface area (TPSA) is 73.2 Å². The molecule has 0 saturated heterocycles. The first-order valence-corrected chi connectivity index (χ1v) is 8.87. The number of rotatable bonds is 7. The highest BCUT2D eigenvalue weighted by Crippen LogP contribution is 2.20. The smallest absolute Gasteiger partial charge is 0.262 e. The maximum absolute atomic E-state index is 12.7. The van der Waals surface area contributed by atoms with Crippen LogP contribution in [0, 0.1) is 0 Å². The maximum Gasteiger partial charge on any atom is 0.262 e. The van der Waals surface area contributed by atoms with Crippen LogP contribution in [0.25, 0.3) is 10.9 Å². The van der Waals surface area contributed by atoms with Gasteiger partial charge >= 0.3 is 0 Å². The Hall–Kier alpha value is -1.38. The largest absolute Gasteiger partial charge is 0.383 e. The van der Waals surface area contributed by atoms with E-state index in [1.54, 1.807) is 17.7 Å². The lowest BCUT2D eigenvalue weighted by Crippen LogP contribution is -2.26. The van der Waals surface area contributed by atoms with Crippen LogP contribution in [0.1, 0.15) is 6.92 Å². The van der Waals surface area contributed by atoms with Crippen LogP contribution in [0.5, 0.6) is 0 Å². The number of benzene rings is 1. The molecule has 1 aromatic heterocycles. The molecule has 1 aromatic carbocycles. The minimum Gasteiger partial charge on any atom is -0.383 e. The van der Waals surface area contributed by atoms with Gasteiger partial charge in [0, 0.05) is 30.8 Å². The Morgan fingerprint density at radius 3 is 2.96 bits per heavy atom. The molecule has 0 saturated carbocycles. The van der Waals surface area contributed by atoms with Crippen molar-refractivity contribution >= 4 is 44.5 Å². The summed E-state index contributed by atoms with van der Waals surface area (Å²) in [4.78, 5) is 28.2. The maximum atomic E-state index is 12.7. The van der Waals surface area contributed by atoms with Crippen molar-refractivity contribution in [3.8, 4) is 0 Å². The highest BCUT2D eigenvalue weighted by Gasteiger charge is 2.12. The van der Waals surface area contributed by atoms with E-state index in [4.69, 9.17) is 4.74 Å². The van der Waals surface area contributed by atoms with Crippen LogP contribution in [0.15, 0.2) is 32.6 Å². The molecule has 2 rings (SSSR count). The number of carbonyl (C=O) groups excluding carboxylic acids is 1. The third kappa shape index (κ3) is 4.79. The van der Waals surface area contributed by atoms with Gasteiger partial charge in [-0.2, -0.15) is 0 Å². The standard InChI is InChI=1S/C15H18BrN3O3S/c1-10(20)17-5-8-23-15-18-13-4-3-11(16)9-12(13)14(21)19(15)6-7-22-2/h3-4,9H,5-8H2,1-2H3,(H,17,20). The molecule has 0 spiro atoms. The Balaban J connectivity index is 2.34. The van der Waals surface area contributed by atoms with E-state index in [2.05, 4.69) is 26.2 Å². The zero-order valence-electron chi connectivity index (χ0n) is 13.0. The molecule has 0 unspecified atom stereocenters. The van der Waals surface area contributed by atoms with E-state index in [1.807, 2.05) is 12.1 Å². The lowest BCUT2D eigenvalue weighted by Gasteiger charge is -2.13. The Kier molecular flexibility index (Phi) is 6.61. The molecule has 8 heteroatoms. The molecular formula is C15H18BrN3O3S. The summed E-state index contributed by atoms with van der Waals surface area (Å²) in [5.41, 5.74) is 0.573. The van der Waals surface area contributed by atoms with Crippen LogP contribution in [0.3, 0.4) is 0 Å². The second kappa shape index (κ2) is 8.47. The van der Waals surface area contributed by atoms with Crippen molar-refractivity contribution in [1.29, 1.82) is 0 Å². The Morgan fingerprint density at radius 1 is 1.48 bits per heavy atom. The van der Waals surface area contributed by atoms with Crippen molar-refractivity contribution in [3.63, 3.8) is 0 Å². The normalized spacial score (nSPS) is 10.9. The van der Waals surface area contributed by atoms with Crippen molar-refractivity contribution in [3.05, 3.63) is 33.0 Å². The van der Waals surface area contributed by atoms with Gasteiger partial charge in [-0.3, -0.25) is 14.2 Å². The number of aromatic nitrogens is 2. The number of thioether (sulfide) groups is 1. The molecule has 0 fully saturated rings. The fourth-order valence-electron chi connectivity index (χ4n) is 2.03. The van der Waals surface area contributed by atoms with Gasteiger partial charge in [-0.1, -0.05) is 27.7 Å². The van der Waals surface area contributed by atoms with Gasteiger partial charge in [-0.05, 0) is 18.2 Å². The number of hydrogen-bond donors (Lipinski definition) is 1. The molecule has 0 aliphatic rings. The molecule has 1 amide bonds. The van der Waals surface area contributed by atoms with Crippen LogP contribution in [0.2, 0.25) is 0 Å². The molecule has 0 radical (unpaired) electrons. The van der Waals surface area contributed by atoms with Crippen molar-refractivity contribution < 1.29 is 9.53 Å². The van der Waals surface area contributed by atoms with E-state index in [1.165, 1.54) is 18.7 Å². The summed E-state index contributed by atoms with van der Waals surface area (Å²) in [6, 6.07) is 5.46. The number of hydrogen-bond acceptors (Lipinski definition) is 5. The van der Waals surface area contributed by atoms with E-state index in [-0.39, 0.29) is 11.5 Å². The van der Waals surface area contributed by atoms with Gasteiger partial charge < -0.3 is 10.1 Å². The number of nitrogens with zero attached hydrogens (tertiary/aromatic N) is 2. The van der Waals surface area contributed by atoms with E-state index >= 15 is 0 Å². The number of carbonyl (C=O) groups is 1. The summed E-state index contributed by atoms with van der Waals surface area (Å²) >= 11 is 4.82. The predicted octanol–water partition coefficient (Wildman–Crippen LogP) is 2.03. The van der Waals surface area contributed by atoms with Gasteiger partial charge in [0.25, 0.3) is 5.56 Å². The van der Waals surface area contributed by atoms with E-state index in [0.29, 0.717) is 41.5 Å². The van der Waals surface area contributed by atoms with Crippen molar-refractivity contribution in [1.82, 2.24) is 14.9 Å². The Morgan fingerprint density at radius 2 is 2.26 bits per heavy atom. The van der Waals surface area contributed by atoms with Crippen LogP contribution in [-0.4, -0.2) is 41.5 Å². The van der Waals surface area contributed by atoms with Gasteiger partial charge in [0.05, 0.1) is 24.1 Å². The molecular weight excluding hydrogens is 382 g/mol. The second-order valence-corrected chi connectivity index (χ2v) is 6.81. The number of methoxy groups -OCH3 is 1. The monoisotopic (exact) mass is 399 g/mol. The van der Waals surface area contributed by atoms with Crippen LogP contribution < -0.4 is 10.9 Å². The lowest BCUT2D eigenvalue weighted by molar-refractivity contribution is -0.118. The van der Waals surface area contributed by atoms with Crippen LogP contribution in [-0.2, 0) is 16.1 Å². The molecule has 0 bridgehead atoms. The first-order chi connectivity index (χ1) is 11.0. The molecule has 0 aliphatic carbocycles. The fraction of sp³-hybridized carbons (Fsp3) is 0.400. The first-order valence-electron chi connectivity index (χ1n) is 7.09. The first kappa shape index (κ1) is 18.0. The zero-order chi connectivity index (χ0) is 16.8. The molecule has 0 atom stereocenters. The van der Waals surface area contributed by atoms with Gasteiger partial charge in [0.2, 0.25) is 5.91 Å². The van der Waals surface area contributed by atoms with Crippen molar-refractivity contribution in [2.45, 2.75) is 18.6 Å². The lowest BCUT2D eigenvalue weighted by atomic mass is 10.2.